The van der Waals surface area contributed by atoms with E-state index in [-0.39, 0.29) is 30.3 Å². The molecule has 1 aliphatic heterocycles. The SMILES string of the molecule is Nc1nc2c(ncn2C2OCC(CO)O2)c(=O)[nH]1. The highest BCUT2D eigenvalue weighted by Gasteiger charge is 2.28. The summed E-state index contributed by atoms with van der Waals surface area (Å²) in [6.07, 6.45) is 0.226. The van der Waals surface area contributed by atoms with Crippen LogP contribution in [0.1, 0.15) is 6.41 Å². The second kappa shape index (κ2) is 4.05. The van der Waals surface area contributed by atoms with Gasteiger partial charge in [-0.2, -0.15) is 4.98 Å². The maximum Gasteiger partial charge on any atom is 0.280 e. The van der Waals surface area contributed by atoms with Gasteiger partial charge in [-0.15, -0.1) is 0 Å². The van der Waals surface area contributed by atoms with Crippen molar-refractivity contribution >= 4 is 17.1 Å². The molecule has 1 fully saturated rings. The Kier molecular flexibility index (Phi) is 2.51. The summed E-state index contributed by atoms with van der Waals surface area (Å²) >= 11 is 0. The zero-order chi connectivity index (χ0) is 12.7. The van der Waals surface area contributed by atoms with Crippen LogP contribution in [0.4, 0.5) is 5.95 Å². The number of imidazole rings is 1. The zero-order valence-electron chi connectivity index (χ0n) is 9.24. The normalized spacial score (nSPS) is 23.8. The van der Waals surface area contributed by atoms with Gasteiger partial charge in [0.15, 0.2) is 11.2 Å². The summed E-state index contributed by atoms with van der Waals surface area (Å²) in [6, 6.07) is 0. The number of ether oxygens (including phenoxy) is 2. The van der Waals surface area contributed by atoms with Gasteiger partial charge in [-0.05, 0) is 0 Å². The van der Waals surface area contributed by atoms with E-state index in [1.807, 2.05) is 0 Å². The predicted octanol–water partition coefficient (Wildman–Crippen LogP) is -1.43. The van der Waals surface area contributed by atoms with E-state index < -0.39 is 18.1 Å². The van der Waals surface area contributed by atoms with Crippen LogP contribution >= 0.6 is 0 Å². The number of aromatic amines is 1. The molecule has 3 heterocycles. The van der Waals surface area contributed by atoms with Crippen molar-refractivity contribution in [2.45, 2.75) is 12.5 Å². The van der Waals surface area contributed by atoms with E-state index in [1.54, 1.807) is 0 Å². The van der Waals surface area contributed by atoms with E-state index in [4.69, 9.17) is 20.3 Å². The Bertz CT molecular complexity index is 635. The lowest BCUT2D eigenvalue weighted by molar-refractivity contribution is -0.117. The van der Waals surface area contributed by atoms with Crippen molar-refractivity contribution in [2.75, 3.05) is 18.9 Å². The van der Waals surface area contributed by atoms with Crippen molar-refractivity contribution in [3.63, 3.8) is 0 Å². The van der Waals surface area contributed by atoms with Crippen LogP contribution in [-0.4, -0.2) is 43.9 Å². The Morgan fingerprint density at radius 1 is 1.67 bits per heavy atom. The minimum Gasteiger partial charge on any atom is -0.394 e. The number of aromatic nitrogens is 4. The molecular formula is C9H11N5O4. The molecule has 0 amide bonds. The number of hydrogen-bond acceptors (Lipinski definition) is 7. The van der Waals surface area contributed by atoms with E-state index in [2.05, 4.69) is 15.0 Å². The number of aliphatic hydroxyl groups excluding tert-OH is 1. The van der Waals surface area contributed by atoms with E-state index in [0.29, 0.717) is 0 Å². The molecule has 2 unspecified atom stereocenters. The first kappa shape index (κ1) is 11.1. The van der Waals surface area contributed by atoms with Crippen molar-refractivity contribution in [1.29, 1.82) is 0 Å². The molecule has 0 spiro atoms. The molecule has 4 N–H and O–H groups in total. The monoisotopic (exact) mass is 253 g/mol. The molecule has 0 aliphatic carbocycles. The third-order valence-corrected chi connectivity index (χ3v) is 2.61. The minimum atomic E-state index is -0.763. The largest absolute Gasteiger partial charge is 0.394 e. The fraction of sp³-hybridized carbons (Fsp3) is 0.444. The molecule has 0 radical (unpaired) electrons. The van der Waals surface area contributed by atoms with Gasteiger partial charge in [-0.25, -0.2) is 4.98 Å². The molecule has 9 nitrogen and oxygen atoms in total. The summed E-state index contributed by atoms with van der Waals surface area (Å²) in [5.74, 6) is -0.00837. The lowest BCUT2D eigenvalue weighted by Gasteiger charge is -2.11. The van der Waals surface area contributed by atoms with Gasteiger partial charge < -0.3 is 20.3 Å². The zero-order valence-corrected chi connectivity index (χ0v) is 9.24. The van der Waals surface area contributed by atoms with Gasteiger partial charge in [0.25, 0.3) is 5.56 Å². The summed E-state index contributed by atoms with van der Waals surface area (Å²) in [7, 11) is 0. The summed E-state index contributed by atoms with van der Waals surface area (Å²) in [4.78, 5) is 21.9. The first-order valence-corrected chi connectivity index (χ1v) is 5.29. The Morgan fingerprint density at radius 3 is 3.22 bits per heavy atom. The number of nitrogens with one attached hydrogen (secondary N) is 1. The van der Waals surface area contributed by atoms with Gasteiger partial charge >= 0.3 is 0 Å². The van der Waals surface area contributed by atoms with Crippen LogP contribution in [0, 0.1) is 0 Å². The average Bonchev–Trinajstić information content (AvgIpc) is 2.93. The number of fused-ring (bicyclic) bond motifs is 1. The van der Waals surface area contributed by atoms with Crippen LogP contribution in [0.25, 0.3) is 11.2 Å². The predicted molar refractivity (Wildman–Crippen MR) is 59.5 cm³/mol. The molecule has 0 aromatic carbocycles. The fourth-order valence-corrected chi connectivity index (χ4v) is 1.77. The summed E-state index contributed by atoms with van der Waals surface area (Å²) in [6.45, 7) is 0.124. The van der Waals surface area contributed by atoms with Crippen molar-refractivity contribution in [1.82, 2.24) is 19.5 Å². The number of H-pyrrole nitrogens is 1. The average molecular weight is 253 g/mol. The van der Waals surface area contributed by atoms with Crippen LogP contribution in [0.3, 0.4) is 0 Å². The number of hydrogen-bond donors (Lipinski definition) is 3. The second-order valence-electron chi connectivity index (χ2n) is 3.86. The highest BCUT2D eigenvalue weighted by atomic mass is 16.7. The summed E-state index contributed by atoms with van der Waals surface area (Å²) in [5, 5.41) is 8.96. The van der Waals surface area contributed by atoms with Gasteiger partial charge in [-0.1, -0.05) is 0 Å². The van der Waals surface area contributed by atoms with Crippen molar-refractivity contribution in [3.8, 4) is 0 Å². The van der Waals surface area contributed by atoms with Crippen LogP contribution in [0.5, 0.6) is 0 Å². The smallest absolute Gasteiger partial charge is 0.280 e. The molecule has 2 atom stereocenters. The van der Waals surface area contributed by atoms with Gasteiger partial charge in [0.05, 0.1) is 13.2 Å². The molecular weight excluding hydrogens is 242 g/mol. The van der Waals surface area contributed by atoms with E-state index in [1.165, 1.54) is 10.9 Å². The Morgan fingerprint density at radius 2 is 2.50 bits per heavy atom. The van der Waals surface area contributed by atoms with Crippen molar-refractivity contribution in [3.05, 3.63) is 16.7 Å². The first-order valence-electron chi connectivity index (χ1n) is 5.29. The Balaban J connectivity index is 2.05. The van der Waals surface area contributed by atoms with Crippen LogP contribution in [0.2, 0.25) is 0 Å². The van der Waals surface area contributed by atoms with Gasteiger partial charge in [0.1, 0.15) is 12.4 Å². The lowest BCUT2D eigenvalue weighted by atomic mass is 10.4. The quantitative estimate of drug-likeness (QED) is 0.598. The maximum atomic E-state index is 11.6. The lowest BCUT2D eigenvalue weighted by Crippen LogP contribution is -2.17. The van der Waals surface area contributed by atoms with E-state index in [9.17, 15) is 4.79 Å². The molecule has 0 bridgehead atoms. The van der Waals surface area contributed by atoms with Gasteiger partial charge in [-0.3, -0.25) is 14.3 Å². The van der Waals surface area contributed by atoms with Gasteiger partial charge in [0.2, 0.25) is 12.4 Å². The van der Waals surface area contributed by atoms with Crippen molar-refractivity contribution in [2.24, 2.45) is 0 Å². The summed E-state index contributed by atoms with van der Waals surface area (Å²) in [5.41, 5.74) is 5.49. The molecule has 2 aromatic heterocycles. The fourth-order valence-electron chi connectivity index (χ4n) is 1.77. The Labute approximate surface area is 100 Å². The number of anilines is 1. The standard InChI is InChI=1S/C9H11N5O4/c10-8-12-6-5(7(16)13-8)11-3-14(6)9-17-2-4(1-15)18-9/h3-4,9,15H,1-2H2,(H3,10,12,13,16). The number of nitrogens with two attached hydrogens (primary N) is 1. The topological polar surface area (TPSA) is 128 Å². The molecule has 96 valence electrons. The van der Waals surface area contributed by atoms with E-state index in [0.717, 1.165) is 0 Å². The highest BCUT2D eigenvalue weighted by Crippen LogP contribution is 2.23. The third-order valence-electron chi connectivity index (χ3n) is 2.61. The first-order chi connectivity index (χ1) is 8.69. The van der Waals surface area contributed by atoms with Crippen LogP contribution < -0.4 is 11.3 Å². The van der Waals surface area contributed by atoms with Gasteiger partial charge in [0, 0.05) is 0 Å². The van der Waals surface area contributed by atoms with Crippen LogP contribution in [-0.2, 0) is 9.47 Å². The van der Waals surface area contributed by atoms with Crippen molar-refractivity contribution < 1.29 is 14.6 Å². The highest BCUT2D eigenvalue weighted by molar-refractivity contribution is 5.70. The molecule has 18 heavy (non-hydrogen) atoms. The summed E-state index contributed by atoms with van der Waals surface area (Å²) < 4.78 is 12.2. The molecule has 3 rings (SSSR count). The minimum absolute atomic E-state index is 0.00837. The molecule has 9 heteroatoms. The second-order valence-corrected chi connectivity index (χ2v) is 3.86. The van der Waals surface area contributed by atoms with Crippen LogP contribution in [0.15, 0.2) is 11.1 Å². The van der Waals surface area contributed by atoms with E-state index >= 15 is 0 Å². The molecule has 2 aromatic rings. The molecule has 1 saturated heterocycles. The number of nitrogen functional groups attached to an aromatic ring is 1. The maximum absolute atomic E-state index is 11.6. The Hall–Kier alpha value is -1.97. The molecule has 1 aliphatic rings. The number of rotatable bonds is 2. The number of nitrogens with zero attached hydrogens (tertiary/aromatic N) is 3. The number of aliphatic hydroxyl groups is 1. The molecule has 0 saturated carbocycles. The third kappa shape index (κ3) is 1.65.